The number of hydrogen-bond acceptors (Lipinski definition) is 6. The first-order valence-electron chi connectivity index (χ1n) is 6.27. The second-order valence-electron chi connectivity index (χ2n) is 4.12. The summed E-state index contributed by atoms with van der Waals surface area (Å²) in [7, 11) is 0. The Morgan fingerprint density at radius 2 is 2.40 bits per heavy atom. The number of rotatable bonds is 6. The second kappa shape index (κ2) is 7.01. The van der Waals surface area contributed by atoms with Gasteiger partial charge in [0.15, 0.2) is 0 Å². The Morgan fingerprint density at radius 1 is 1.55 bits per heavy atom. The fourth-order valence-electron chi connectivity index (χ4n) is 1.53. The summed E-state index contributed by atoms with van der Waals surface area (Å²) in [5.74, 6) is 0.409. The number of nitrogens with one attached hydrogen (secondary N) is 2. The van der Waals surface area contributed by atoms with E-state index >= 15 is 0 Å². The van der Waals surface area contributed by atoms with Gasteiger partial charge in [0.05, 0.1) is 12.8 Å². The van der Waals surface area contributed by atoms with E-state index in [9.17, 15) is 9.90 Å². The largest absolute Gasteiger partial charge is 0.467 e. The Labute approximate surface area is 120 Å². The maximum Gasteiger partial charge on any atom is 0.321 e. The number of aliphatic hydroxyl groups excluding tert-OH is 1. The van der Waals surface area contributed by atoms with Gasteiger partial charge in [-0.05, 0) is 18.6 Å². The van der Waals surface area contributed by atoms with E-state index in [2.05, 4.69) is 27.8 Å². The normalized spacial score (nSPS) is 12.1. The zero-order valence-corrected chi connectivity index (χ0v) is 11.8. The van der Waals surface area contributed by atoms with E-state index < -0.39 is 12.1 Å². The molecule has 0 radical (unpaired) electrons. The molecule has 2 heterocycles. The van der Waals surface area contributed by atoms with Crippen LogP contribution in [0.5, 0.6) is 0 Å². The van der Waals surface area contributed by atoms with Gasteiger partial charge in [-0.1, -0.05) is 18.3 Å². The van der Waals surface area contributed by atoms with E-state index in [1.165, 1.54) is 17.6 Å². The van der Waals surface area contributed by atoms with Crippen LogP contribution in [0.4, 0.5) is 9.93 Å². The van der Waals surface area contributed by atoms with E-state index in [4.69, 9.17) is 4.42 Å². The number of carbonyl (C=O) groups is 1. The van der Waals surface area contributed by atoms with Gasteiger partial charge in [0.25, 0.3) is 0 Å². The van der Waals surface area contributed by atoms with Crippen molar-refractivity contribution in [2.45, 2.75) is 25.9 Å². The summed E-state index contributed by atoms with van der Waals surface area (Å²) >= 11 is 1.34. The minimum atomic E-state index is -0.874. The Balaban J connectivity index is 1.77. The van der Waals surface area contributed by atoms with Crippen LogP contribution in [0.2, 0.25) is 0 Å². The van der Waals surface area contributed by atoms with Crippen LogP contribution in [0, 0.1) is 0 Å². The second-order valence-corrected chi connectivity index (χ2v) is 5.18. The maximum atomic E-state index is 11.6. The van der Waals surface area contributed by atoms with Gasteiger partial charge in [-0.15, -0.1) is 10.2 Å². The molecule has 0 aliphatic heterocycles. The lowest BCUT2D eigenvalue weighted by Gasteiger charge is -2.09. The van der Waals surface area contributed by atoms with Crippen LogP contribution in [-0.2, 0) is 6.42 Å². The number of furan rings is 1. The van der Waals surface area contributed by atoms with Gasteiger partial charge < -0.3 is 14.8 Å². The molecule has 0 saturated carbocycles. The lowest BCUT2D eigenvalue weighted by molar-refractivity contribution is 0.149. The zero-order chi connectivity index (χ0) is 14.4. The summed E-state index contributed by atoms with van der Waals surface area (Å²) in [6.07, 6.45) is 2.42. The standard InChI is InChI=1S/C12H16N4O3S/c1-2-4-10-15-16-12(20-10)14-11(18)13-7-8(17)9-5-3-6-19-9/h3,5-6,8,17H,2,4,7H2,1H3,(H2,13,14,16,18). The van der Waals surface area contributed by atoms with Gasteiger partial charge in [0.2, 0.25) is 5.13 Å². The van der Waals surface area contributed by atoms with Gasteiger partial charge in [0.1, 0.15) is 16.9 Å². The number of aromatic nitrogens is 2. The first kappa shape index (κ1) is 14.5. The van der Waals surface area contributed by atoms with Crippen LogP contribution >= 0.6 is 11.3 Å². The minimum absolute atomic E-state index is 0.0555. The third-order valence-electron chi connectivity index (χ3n) is 2.48. The maximum absolute atomic E-state index is 11.6. The highest BCUT2D eigenvalue weighted by molar-refractivity contribution is 7.15. The molecule has 0 aromatic carbocycles. The van der Waals surface area contributed by atoms with Gasteiger partial charge in [0, 0.05) is 6.42 Å². The molecule has 1 atom stereocenters. The highest BCUT2D eigenvalue weighted by atomic mass is 32.1. The zero-order valence-electron chi connectivity index (χ0n) is 11.0. The third kappa shape index (κ3) is 4.04. The number of amides is 2. The molecule has 2 amide bonds. The molecule has 7 nitrogen and oxygen atoms in total. The molecule has 0 fully saturated rings. The summed E-state index contributed by atoms with van der Waals surface area (Å²) < 4.78 is 5.03. The first-order valence-corrected chi connectivity index (χ1v) is 7.09. The van der Waals surface area contributed by atoms with Crippen molar-refractivity contribution in [1.29, 1.82) is 0 Å². The first-order chi connectivity index (χ1) is 9.69. The summed E-state index contributed by atoms with van der Waals surface area (Å²) in [6, 6.07) is 2.89. The summed E-state index contributed by atoms with van der Waals surface area (Å²) in [4.78, 5) is 11.6. The molecule has 8 heteroatoms. The predicted molar refractivity (Wildman–Crippen MR) is 74.6 cm³/mol. The smallest absolute Gasteiger partial charge is 0.321 e. The molecular weight excluding hydrogens is 280 g/mol. The van der Waals surface area contributed by atoms with Gasteiger partial charge in [-0.2, -0.15) is 0 Å². The molecule has 2 aromatic rings. The van der Waals surface area contributed by atoms with Crippen molar-refractivity contribution in [3.63, 3.8) is 0 Å². The molecule has 2 rings (SSSR count). The van der Waals surface area contributed by atoms with Crippen molar-refractivity contribution >= 4 is 22.5 Å². The lowest BCUT2D eigenvalue weighted by atomic mass is 10.3. The molecule has 2 aromatic heterocycles. The van der Waals surface area contributed by atoms with Crippen molar-refractivity contribution in [3.8, 4) is 0 Å². The summed E-state index contributed by atoms with van der Waals surface area (Å²) in [5, 5.41) is 24.0. The molecule has 0 saturated heterocycles. The minimum Gasteiger partial charge on any atom is -0.467 e. The fourth-order valence-corrected chi connectivity index (χ4v) is 2.37. The number of nitrogens with zero attached hydrogens (tertiary/aromatic N) is 2. The molecule has 0 bridgehead atoms. The Morgan fingerprint density at radius 3 is 3.10 bits per heavy atom. The van der Waals surface area contributed by atoms with Gasteiger partial charge in [-0.25, -0.2) is 4.79 Å². The average Bonchev–Trinajstić information content (AvgIpc) is 3.08. The molecule has 0 aliphatic carbocycles. The van der Waals surface area contributed by atoms with E-state index in [1.807, 2.05) is 0 Å². The Hall–Kier alpha value is -1.93. The van der Waals surface area contributed by atoms with E-state index in [-0.39, 0.29) is 6.54 Å². The topological polar surface area (TPSA) is 100 Å². The van der Waals surface area contributed by atoms with Crippen LogP contribution in [0.1, 0.15) is 30.2 Å². The molecule has 1 unspecified atom stereocenters. The molecule has 108 valence electrons. The molecule has 20 heavy (non-hydrogen) atoms. The van der Waals surface area contributed by atoms with Crippen LogP contribution in [-0.4, -0.2) is 27.9 Å². The highest BCUT2D eigenvalue weighted by Crippen LogP contribution is 2.16. The number of hydrogen-bond donors (Lipinski definition) is 3. The van der Waals surface area contributed by atoms with Crippen molar-refractivity contribution in [3.05, 3.63) is 29.2 Å². The van der Waals surface area contributed by atoms with Crippen molar-refractivity contribution in [1.82, 2.24) is 15.5 Å². The lowest BCUT2D eigenvalue weighted by Crippen LogP contribution is -2.32. The quantitative estimate of drug-likeness (QED) is 0.756. The van der Waals surface area contributed by atoms with Crippen molar-refractivity contribution < 1.29 is 14.3 Å². The van der Waals surface area contributed by atoms with E-state index in [0.717, 1.165) is 17.8 Å². The molecule has 0 aliphatic rings. The SMILES string of the molecule is CCCc1nnc(NC(=O)NCC(O)c2ccco2)s1. The monoisotopic (exact) mass is 296 g/mol. The van der Waals surface area contributed by atoms with Crippen LogP contribution in [0.3, 0.4) is 0 Å². The predicted octanol–water partition coefficient (Wildman–Crippen LogP) is 1.94. The Bertz CT molecular complexity index is 541. The number of carbonyl (C=O) groups excluding carboxylic acids is 1. The summed E-state index contributed by atoms with van der Waals surface area (Å²) in [6.45, 7) is 2.11. The number of aliphatic hydroxyl groups is 1. The van der Waals surface area contributed by atoms with Crippen molar-refractivity contribution in [2.75, 3.05) is 11.9 Å². The highest BCUT2D eigenvalue weighted by Gasteiger charge is 2.13. The van der Waals surface area contributed by atoms with Crippen LogP contribution in [0.15, 0.2) is 22.8 Å². The van der Waals surface area contributed by atoms with Crippen LogP contribution < -0.4 is 10.6 Å². The third-order valence-corrected chi connectivity index (χ3v) is 3.38. The number of urea groups is 1. The number of aryl methyl sites for hydroxylation is 1. The Kier molecular flexibility index (Phi) is 5.08. The summed E-state index contributed by atoms with van der Waals surface area (Å²) in [5.41, 5.74) is 0. The van der Waals surface area contributed by atoms with Crippen molar-refractivity contribution in [2.24, 2.45) is 0 Å². The number of anilines is 1. The van der Waals surface area contributed by atoms with Gasteiger partial charge >= 0.3 is 6.03 Å². The van der Waals surface area contributed by atoms with E-state index in [1.54, 1.807) is 12.1 Å². The van der Waals surface area contributed by atoms with Gasteiger partial charge in [-0.3, -0.25) is 5.32 Å². The molecule has 0 spiro atoms. The van der Waals surface area contributed by atoms with E-state index in [0.29, 0.717) is 10.9 Å². The molecule has 3 N–H and O–H groups in total. The van der Waals surface area contributed by atoms with Crippen LogP contribution in [0.25, 0.3) is 0 Å². The fraction of sp³-hybridized carbons (Fsp3) is 0.417. The average molecular weight is 296 g/mol. The molecular formula is C12H16N4O3S.